The lowest BCUT2D eigenvalue weighted by Crippen LogP contribution is -2.35. The molecule has 3 N–H and O–H groups in total. The number of aromatic hydroxyl groups is 1. The second-order valence-electron chi connectivity index (χ2n) is 4.81. The minimum Gasteiger partial charge on any atom is -0.505 e. The highest BCUT2D eigenvalue weighted by atomic mass is 79.9. The fourth-order valence-electron chi connectivity index (χ4n) is 2.33. The smallest absolute Gasteiger partial charge is 0.148 e. The molecule has 100 valence electrons. The molecule has 5 heteroatoms. The van der Waals surface area contributed by atoms with Crippen LogP contribution in [0.2, 0.25) is 5.02 Å². The van der Waals surface area contributed by atoms with Gasteiger partial charge in [-0.1, -0.05) is 11.6 Å². The Hall–Kier alpha value is -0.290. The van der Waals surface area contributed by atoms with Crippen LogP contribution in [0, 0.1) is 0 Å². The average molecular weight is 335 g/mol. The van der Waals surface area contributed by atoms with Crippen LogP contribution in [0.1, 0.15) is 31.2 Å². The first-order valence-corrected chi connectivity index (χ1v) is 7.31. The van der Waals surface area contributed by atoms with Gasteiger partial charge in [0.05, 0.1) is 15.6 Å². The van der Waals surface area contributed by atoms with Gasteiger partial charge in [0.1, 0.15) is 5.75 Å². The van der Waals surface area contributed by atoms with E-state index in [9.17, 15) is 10.2 Å². The zero-order valence-electron chi connectivity index (χ0n) is 10.00. The summed E-state index contributed by atoms with van der Waals surface area (Å²) in [6, 6.07) is 3.97. The van der Waals surface area contributed by atoms with Crippen LogP contribution in [-0.4, -0.2) is 22.4 Å². The molecule has 0 aromatic heterocycles. The Morgan fingerprint density at radius 2 is 2.17 bits per heavy atom. The first-order chi connectivity index (χ1) is 8.56. The van der Waals surface area contributed by atoms with E-state index < -0.39 is 0 Å². The Morgan fingerprint density at radius 1 is 1.39 bits per heavy atom. The Bertz CT molecular complexity index is 404. The largest absolute Gasteiger partial charge is 0.505 e. The van der Waals surface area contributed by atoms with Gasteiger partial charge in [0.15, 0.2) is 0 Å². The third-order valence-electron chi connectivity index (χ3n) is 3.32. The molecule has 1 aliphatic carbocycles. The van der Waals surface area contributed by atoms with Crippen LogP contribution < -0.4 is 5.32 Å². The summed E-state index contributed by atoms with van der Waals surface area (Å²) in [7, 11) is 0. The Morgan fingerprint density at radius 3 is 2.83 bits per heavy atom. The van der Waals surface area contributed by atoms with Gasteiger partial charge in [-0.25, -0.2) is 0 Å². The Kier molecular flexibility index (Phi) is 4.90. The van der Waals surface area contributed by atoms with E-state index in [1.54, 1.807) is 6.07 Å². The topological polar surface area (TPSA) is 52.5 Å². The van der Waals surface area contributed by atoms with Gasteiger partial charge >= 0.3 is 0 Å². The number of hydrogen-bond donors (Lipinski definition) is 3. The van der Waals surface area contributed by atoms with E-state index in [0.717, 1.165) is 31.2 Å². The van der Waals surface area contributed by atoms with Gasteiger partial charge in [0.25, 0.3) is 0 Å². The highest BCUT2D eigenvalue weighted by Gasteiger charge is 2.19. The number of rotatable bonds is 3. The van der Waals surface area contributed by atoms with E-state index in [1.165, 1.54) is 0 Å². The predicted octanol–water partition coefficient (Wildman–Crippen LogP) is 3.20. The van der Waals surface area contributed by atoms with Crippen LogP contribution in [0.25, 0.3) is 0 Å². The molecule has 1 aromatic carbocycles. The molecule has 0 amide bonds. The molecule has 0 unspecified atom stereocenters. The lowest BCUT2D eigenvalue weighted by Gasteiger charge is -2.26. The molecule has 0 saturated heterocycles. The number of halogens is 2. The molecule has 0 spiro atoms. The zero-order chi connectivity index (χ0) is 13.1. The van der Waals surface area contributed by atoms with Crippen molar-refractivity contribution in [3.05, 3.63) is 27.2 Å². The molecular formula is C13H17BrClNO2. The lowest BCUT2D eigenvalue weighted by molar-refractivity contribution is 0.111. The third kappa shape index (κ3) is 3.60. The summed E-state index contributed by atoms with van der Waals surface area (Å²) >= 11 is 9.19. The summed E-state index contributed by atoms with van der Waals surface area (Å²) in [6.45, 7) is 0.690. The van der Waals surface area contributed by atoms with Gasteiger partial charge in [-0.15, -0.1) is 0 Å². The van der Waals surface area contributed by atoms with Crippen LogP contribution in [0.3, 0.4) is 0 Å². The summed E-state index contributed by atoms with van der Waals surface area (Å²) in [6.07, 6.45) is 3.72. The molecule has 0 heterocycles. The molecule has 0 bridgehead atoms. The number of aliphatic hydroxyl groups is 1. The van der Waals surface area contributed by atoms with E-state index in [1.807, 2.05) is 6.07 Å². The second-order valence-corrected chi connectivity index (χ2v) is 6.07. The molecule has 1 fully saturated rings. The molecule has 1 aromatic rings. The van der Waals surface area contributed by atoms with E-state index in [4.69, 9.17) is 11.6 Å². The summed E-state index contributed by atoms with van der Waals surface area (Å²) in [5.41, 5.74) is 1.02. The van der Waals surface area contributed by atoms with Gasteiger partial charge in [-0.3, -0.25) is 0 Å². The van der Waals surface area contributed by atoms with Crippen LogP contribution in [0.4, 0.5) is 0 Å². The number of nitrogens with one attached hydrogen (secondary N) is 1. The first-order valence-electron chi connectivity index (χ1n) is 6.14. The van der Waals surface area contributed by atoms with Crippen molar-refractivity contribution in [3.8, 4) is 5.75 Å². The Labute approximate surface area is 120 Å². The van der Waals surface area contributed by atoms with Gasteiger partial charge in [0.2, 0.25) is 0 Å². The van der Waals surface area contributed by atoms with E-state index in [2.05, 4.69) is 21.2 Å². The number of phenols is 1. The van der Waals surface area contributed by atoms with Crippen molar-refractivity contribution in [2.45, 2.75) is 44.4 Å². The Balaban J connectivity index is 1.94. The number of aliphatic hydroxyl groups excluding tert-OH is 1. The summed E-state index contributed by atoms with van der Waals surface area (Å²) in [5.74, 6) is 0.0773. The SMILES string of the molecule is Oc1c(Cl)cc(CN[C@@H]2CCC[C@H](O)C2)cc1Br. The number of hydrogen-bond acceptors (Lipinski definition) is 3. The van der Waals surface area contributed by atoms with Crippen molar-refractivity contribution in [2.24, 2.45) is 0 Å². The maximum Gasteiger partial charge on any atom is 0.148 e. The third-order valence-corrected chi connectivity index (χ3v) is 4.21. The fourth-order valence-corrected chi connectivity index (χ4v) is 3.20. The molecule has 2 rings (SSSR count). The summed E-state index contributed by atoms with van der Waals surface area (Å²) in [5, 5.41) is 22.9. The zero-order valence-corrected chi connectivity index (χ0v) is 12.3. The summed E-state index contributed by atoms with van der Waals surface area (Å²) in [4.78, 5) is 0. The molecule has 2 atom stereocenters. The normalized spacial score (nSPS) is 24.2. The van der Waals surface area contributed by atoms with Crippen molar-refractivity contribution in [1.82, 2.24) is 5.32 Å². The number of phenolic OH excluding ortho intramolecular Hbond substituents is 1. The van der Waals surface area contributed by atoms with Crippen LogP contribution >= 0.6 is 27.5 Å². The molecule has 18 heavy (non-hydrogen) atoms. The van der Waals surface area contributed by atoms with E-state index >= 15 is 0 Å². The lowest BCUT2D eigenvalue weighted by atomic mass is 9.93. The van der Waals surface area contributed by atoms with Crippen molar-refractivity contribution in [1.29, 1.82) is 0 Å². The van der Waals surface area contributed by atoms with Crippen molar-refractivity contribution in [2.75, 3.05) is 0 Å². The van der Waals surface area contributed by atoms with Gasteiger partial charge in [-0.2, -0.15) is 0 Å². The molecular weight excluding hydrogens is 318 g/mol. The van der Waals surface area contributed by atoms with Crippen LogP contribution in [-0.2, 0) is 6.54 Å². The maximum absolute atomic E-state index is 9.60. The standard InChI is InChI=1S/C13H17BrClNO2/c14-11-4-8(5-12(15)13(11)18)7-16-9-2-1-3-10(17)6-9/h4-5,9-10,16-18H,1-3,6-7H2/t9-,10+/m1/s1. The fraction of sp³-hybridized carbons (Fsp3) is 0.538. The maximum atomic E-state index is 9.60. The van der Waals surface area contributed by atoms with Gasteiger partial charge in [-0.05, 0) is 59.3 Å². The van der Waals surface area contributed by atoms with E-state index in [0.29, 0.717) is 22.1 Å². The molecule has 1 aliphatic rings. The highest BCUT2D eigenvalue weighted by Crippen LogP contribution is 2.33. The van der Waals surface area contributed by atoms with E-state index in [-0.39, 0.29) is 11.9 Å². The quantitative estimate of drug-likeness (QED) is 0.795. The van der Waals surface area contributed by atoms with Crippen LogP contribution in [0.5, 0.6) is 5.75 Å². The van der Waals surface area contributed by atoms with Gasteiger partial charge < -0.3 is 15.5 Å². The molecule has 0 radical (unpaired) electrons. The molecule has 3 nitrogen and oxygen atoms in total. The average Bonchev–Trinajstić information content (AvgIpc) is 2.33. The second kappa shape index (κ2) is 6.24. The van der Waals surface area contributed by atoms with Crippen molar-refractivity contribution < 1.29 is 10.2 Å². The predicted molar refractivity (Wildman–Crippen MR) is 75.9 cm³/mol. The minimum atomic E-state index is -0.175. The number of benzene rings is 1. The monoisotopic (exact) mass is 333 g/mol. The minimum absolute atomic E-state index is 0.0773. The van der Waals surface area contributed by atoms with Crippen molar-refractivity contribution >= 4 is 27.5 Å². The summed E-state index contributed by atoms with van der Waals surface area (Å²) < 4.78 is 0.607. The van der Waals surface area contributed by atoms with Crippen molar-refractivity contribution in [3.63, 3.8) is 0 Å². The van der Waals surface area contributed by atoms with Crippen LogP contribution in [0.15, 0.2) is 16.6 Å². The molecule has 1 saturated carbocycles. The highest BCUT2D eigenvalue weighted by molar-refractivity contribution is 9.10. The first kappa shape index (κ1) is 14.1. The van der Waals surface area contributed by atoms with Gasteiger partial charge in [0, 0.05) is 12.6 Å². The molecule has 0 aliphatic heterocycles.